The molecule has 3 aromatic carbocycles. The van der Waals surface area contributed by atoms with Gasteiger partial charge in [0.1, 0.15) is 18.3 Å². The summed E-state index contributed by atoms with van der Waals surface area (Å²) in [6.45, 7) is 6.75. The minimum absolute atomic E-state index is 0.00359. The Kier molecular flexibility index (Phi) is 11.1. The summed E-state index contributed by atoms with van der Waals surface area (Å²) in [5, 5.41) is 3.29. The zero-order valence-electron chi connectivity index (χ0n) is 23.7. The third kappa shape index (κ3) is 8.15. The van der Waals surface area contributed by atoms with E-state index in [1.807, 2.05) is 26.8 Å². The molecule has 8 nitrogen and oxygen atoms in total. The van der Waals surface area contributed by atoms with Crippen molar-refractivity contribution >= 4 is 50.7 Å². The summed E-state index contributed by atoms with van der Waals surface area (Å²) >= 11 is 12.4. The van der Waals surface area contributed by atoms with Gasteiger partial charge in [0.2, 0.25) is 11.8 Å². The molecular formula is C30H35Cl2N3O5S. The van der Waals surface area contributed by atoms with Crippen LogP contribution in [0.25, 0.3) is 0 Å². The van der Waals surface area contributed by atoms with Crippen molar-refractivity contribution in [3.63, 3.8) is 0 Å². The van der Waals surface area contributed by atoms with Crippen LogP contribution in [0.5, 0.6) is 5.75 Å². The van der Waals surface area contributed by atoms with Gasteiger partial charge in [-0.3, -0.25) is 13.9 Å². The summed E-state index contributed by atoms with van der Waals surface area (Å²) in [5.41, 5.74) is 1.75. The molecule has 2 amide bonds. The maximum absolute atomic E-state index is 14.0. The fourth-order valence-corrected chi connectivity index (χ4v) is 5.72. The van der Waals surface area contributed by atoms with E-state index in [-0.39, 0.29) is 39.1 Å². The fourth-order valence-electron chi connectivity index (χ4n) is 4.02. The second-order valence-corrected chi connectivity index (χ2v) is 12.5. The minimum atomic E-state index is -4.22. The normalized spacial score (nSPS) is 12.8. The molecule has 3 rings (SSSR count). The van der Waals surface area contributed by atoms with Crippen molar-refractivity contribution in [2.24, 2.45) is 0 Å². The molecule has 0 saturated heterocycles. The van der Waals surface area contributed by atoms with Crippen LogP contribution < -0.4 is 14.4 Å². The highest BCUT2D eigenvalue weighted by Gasteiger charge is 2.33. The first-order valence-corrected chi connectivity index (χ1v) is 15.3. The number of hydrogen-bond donors (Lipinski definition) is 1. The lowest BCUT2D eigenvalue weighted by Crippen LogP contribution is -2.52. The molecule has 0 saturated carbocycles. The summed E-state index contributed by atoms with van der Waals surface area (Å²) in [6, 6.07) is 16.8. The van der Waals surface area contributed by atoms with Gasteiger partial charge in [-0.1, -0.05) is 60.0 Å². The number of carbonyl (C=O) groups excluding carboxylic acids is 2. The zero-order valence-corrected chi connectivity index (χ0v) is 26.1. The van der Waals surface area contributed by atoms with E-state index in [2.05, 4.69) is 5.32 Å². The fraction of sp³-hybridized carbons (Fsp3) is 0.333. The summed E-state index contributed by atoms with van der Waals surface area (Å²) in [5.74, 6) is -0.342. The second-order valence-electron chi connectivity index (χ2n) is 9.79. The topological polar surface area (TPSA) is 96.0 Å². The van der Waals surface area contributed by atoms with E-state index in [0.29, 0.717) is 17.7 Å². The van der Waals surface area contributed by atoms with Crippen LogP contribution in [0.2, 0.25) is 10.0 Å². The van der Waals surface area contributed by atoms with Crippen molar-refractivity contribution in [3.8, 4) is 5.75 Å². The van der Waals surface area contributed by atoms with E-state index in [1.54, 1.807) is 37.3 Å². The van der Waals surface area contributed by atoms with E-state index >= 15 is 0 Å². The first-order valence-electron chi connectivity index (χ1n) is 13.1. The number of sulfonamides is 1. The number of aryl methyl sites for hydroxylation is 1. The largest absolute Gasteiger partial charge is 0.497 e. The number of nitrogens with zero attached hydrogens (tertiary/aromatic N) is 2. The molecule has 0 aliphatic carbocycles. The Labute approximate surface area is 252 Å². The van der Waals surface area contributed by atoms with Gasteiger partial charge in [-0.2, -0.15) is 0 Å². The third-order valence-electron chi connectivity index (χ3n) is 6.73. The zero-order chi connectivity index (χ0) is 30.3. The van der Waals surface area contributed by atoms with Gasteiger partial charge in [-0.25, -0.2) is 8.42 Å². The van der Waals surface area contributed by atoms with Crippen LogP contribution in [0.4, 0.5) is 5.69 Å². The van der Waals surface area contributed by atoms with Crippen LogP contribution >= 0.6 is 23.2 Å². The number of anilines is 1. The highest BCUT2D eigenvalue weighted by atomic mass is 35.5. The van der Waals surface area contributed by atoms with E-state index in [1.165, 1.54) is 42.3 Å². The van der Waals surface area contributed by atoms with Crippen molar-refractivity contribution < 1.29 is 22.7 Å². The van der Waals surface area contributed by atoms with Gasteiger partial charge in [0.15, 0.2) is 0 Å². The van der Waals surface area contributed by atoms with Gasteiger partial charge in [0.25, 0.3) is 10.0 Å². The molecule has 220 valence electrons. The van der Waals surface area contributed by atoms with Gasteiger partial charge in [0, 0.05) is 12.6 Å². The van der Waals surface area contributed by atoms with Crippen LogP contribution in [0.15, 0.2) is 71.6 Å². The summed E-state index contributed by atoms with van der Waals surface area (Å²) in [7, 11) is -2.68. The van der Waals surface area contributed by atoms with E-state index in [0.717, 1.165) is 9.87 Å². The number of halogens is 2. The number of carbonyl (C=O) groups is 2. The molecule has 0 heterocycles. The summed E-state index contributed by atoms with van der Waals surface area (Å²) < 4.78 is 34.1. The molecule has 0 aliphatic rings. The molecular weight excluding hydrogens is 585 g/mol. The lowest BCUT2D eigenvalue weighted by atomic mass is 10.1. The van der Waals surface area contributed by atoms with Crippen LogP contribution in [0.3, 0.4) is 0 Å². The van der Waals surface area contributed by atoms with Crippen molar-refractivity contribution in [3.05, 3.63) is 87.9 Å². The van der Waals surface area contributed by atoms with Crippen LogP contribution in [0.1, 0.15) is 38.3 Å². The smallest absolute Gasteiger partial charge is 0.264 e. The van der Waals surface area contributed by atoms with Crippen LogP contribution in [-0.2, 0) is 26.2 Å². The molecule has 41 heavy (non-hydrogen) atoms. The maximum atomic E-state index is 14.0. The number of amides is 2. The van der Waals surface area contributed by atoms with Crippen LogP contribution in [0, 0.1) is 6.92 Å². The Hall–Kier alpha value is -3.27. The summed E-state index contributed by atoms with van der Waals surface area (Å²) in [4.78, 5) is 28.6. The molecule has 2 atom stereocenters. The van der Waals surface area contributed by atoms with Gasteiger partial charge < -0.3 is 15.0 Å². The van der Waals surface area contributed by atoms with Crippen molar-refractivity contribution in [1.29, 1.82) is 0 Å². The predicted molar refractivity (Wildman–Crippen MR) is 163 cm³/mol. The van der Waals surface area contributed by atoms with Gasteiger partial charge in [-0.05, 0) is 75.2 Å². The summed E-state index contributed by atoms with van der Waals surface area (Å²) in [6.07, 6.45) is 0.711. The average Bonchev–Trinajstić information content (AvgIpc) is 2.95. The molecule has 2 unspecified atom stereocenters. The molecule has 0 aromatic heterocycles. The predicted octanol–water partition coefficient (Wildman–Crippen LogP) is 5.84. The average molecular weight is 621 g/mol. The first-order chi connectivity index (χ1) is 19.4. The Morgan fingerprint density at radius 1 is 0.976 bits per heavy atom. The lowest BCUT2D eigenvalue weighted by Gasteiger charge is -2.32. The third-order valence-corrected chi connectivity index (χ3v) is 9.26. The van der Waals surface area contributed by atoms with Gasteiger partial charge in [-0.15, -0.1) is 0 Å². The SMILES string of the molecule is CCC(C)NC(=O)C(C)N(Cc1cccc(OC)c1)C(=O)CN(c1ccc(Cl)c(Cl)c1)S(=O)(=O)c1ccc(C)cc1. The lowest BCUT2D eigenvalue weighted by molar-refractivity contribution is -0.139. The van der Waals surface area contributed by atoms with Crippen molar-refractivity contribution in [2.45, 2.75) is 57.6 Å². The minimum Gasteiger partial charge on any atom is -0.497 e. The number of hydrogen-bond acceptors (Lipinski definition) is 5. The molecule has 0 aliphatic heterocycles. The van der Waals surface area contributed by atoms with E-state index in [4.69, 9.17) is 27.9 Å². The molecule has 0 fully saturated rings. The molecule has 0 spiro atoms. The number of nitrogens with one attached hydrogen (secondary N) is 1. The molecule has 0 radical (unpaired) electrons. The standard InChI is InChI=1S/C30H35Cl2N3O5S/c1-6-21(3)33-30(37)22(4)34(18-23-8-7-9-25(16-23)40-5)29(36)19-35(24-12-15-27(31)28(32)17-24)41(38,39)26-13-10-20(2)11-14-26/h7-17,21-22H,6,18-19H2,1-5H3,(H,33,37). The Bertz CT molecular complexity index is 1480. The van der Waals surface area contributed by atoms with E-state index < -0.39 is 28.5 Å². The monoisotopic (exact) mass is 619 g/mol. The quantitative estimate of drug-likeness (QED) is 0.275. The Morgan fingerprint density at radius 2 is 1.66 bits per heavy atom. The second kappa shape index (κ2) is 14.1. The molecule has 1 N–H and O–H groups in total. The highest BCUT2D eigenvalue weighted by Crippen LogP contribution is 2.31. The Morgan fingerprint density at radius 3 is 2.27 bits per heavy atom. The maximum Gasteiger partial charge on any atom is 0.264 e. The number of methoxy groups -OCH3 is 1. The molecule has 3 aromatic rings. The number of rotatable bonds is 12. The molecule has 11 heteroatoms. The first kappa shape index (κ1) is 32.2. The van der Waals surface area contributed by atoms with Crippen LogP contribution in [-0.4, -0.2) is 50.9 Å². The van der Waals surface area contributed by atoms with Crippen molar-refractivity contribution in [1.82, 2.24) is 10.2 Å². The number of ether oxygens (including phenoxy) is 1. The van der Waals surface area contributed by atoms with E-state index in [9.17, 15) is 18.0 Å². The number of benzene rings is 3. The molecule has 0 bridgehead atoms. The van der Waals surface area contributed by atoms with Gasteiger partial charge in [0.05, 0.1) is 27.7 Å². The van der Waals surface area contributed by atoms with Crippen molar-refractivity contribution in [2.75, 3.05) is 18.0 Å². The highest BCUT2D eigenvalue weighted by molar-refractivity contribution is 7.92. The Balaban J connectivity index is 2.06. The van der Waals surface area contributed by atoms with Gasteiger partial charge >= 0.3 is 0 Å².